The van der Waals surface area contributed by atoms with Gasteiger partial charge in [-0.1, -0.05) is 0 Å². The van der Waals surface area contributed by atoms with Gasteiger partial charge in [0, 0.05) is 6.54 Å². The van der Waals surface area contributed by atoms with E-state index in [1.807, 2.05) is 0 Å². The maximum Gasteiger partial charge on any atom is 2.00 e. The summed E-state index contributed by atoms with van der Waals surface area (Å²) in [5.74, 6) is -1.71. The molecule has 2 rings (SSSR count). The molecular weight excluding hydrogens is 328 g/mol. The van der Waals surface area contributed by atoms with Crippen LogP contribution in [0.5, 0.6) is 0 Å². The third kappa shape index (κ3) is 10.3. The molecule has 0 aromatic carbocycles. The van der Waals surface area contributed by atoms with Crippen molar-refractivity contribution in [1.29, 1.82) is 0 Å². The molecule has 2 atom stereocenters. The number of hydrogen-bond acceptors (Lipinski definition) is 4. The second-order valence-corrected chi connectivity index (χ2v) is 3.73. The minimum Gasteiger partial charge on any atom is -0.648 e. The smallest absolute Gasteiger partial charge is 0.648 e. The molecule has 0 saturated carbocycles. The van der Waals surface area contributed by atoms with E-state index in [-0.39, 0.29) is 28.0 Å². The van der Waals surface area contributed by atoms with Crippen molar-refractivity contribution in [1.82, 2.24) is 5.32 Å². The molecule has 124 valence electrons. The van der Waals surface area contributed by atoms with Crippen molar-refractivity contribution in [2.75, 3.05) is 32.7 Å². The molecule has 0 aromatic rings. The van der Waals surface area contributed by atoms with Crippen LogP contribution in [-0.4, -0.2) is 73.2 Å². The Bertz CT molecular complexity index is 325. The Labute approximate surface area is 132 Å². The van der Waals surface area contributed by atoms with Gasteiger partial charge in [-0.05, 0) is 31.4 Å². The van der Waals surface area contributed by atoms with Gasteiger partial charge in [0.05, 0.1) is 0 Å². The van der Waals surface area contributed by atoms with Gasteiger partial charge in [-0.3, -0.25) is 9.59 Å². The van der Waals surface area contributed by atoms with Gasteiger partial charge >= 0.3 is 17.1 Å². The van der Waals surface area contributed by atoms with Crippen molar-refractivity contribution in [3.63, 3.8) is 0 Å². The zero-order valence-electron chi connectivity index (χ0n) is 11.3. The number of hydrogen-bond donors (Lipinski definition) is 3. The first-order valence-electron chi connectivity index (χ1n) is 5.59. The molecule has 0 radical (unpaired) electrons. The van der Waals surface area contributed by atoms with Crippen LogP contribution in [0.2, 0.25) is 0 Å². The van der Waals surface area contributed by atoms with Crippen LogP contribution in [0.1, 0.15) is 0 Å². The Balaban J connectivity index is -0.000000270. The van der Waals surface area contributed by atoms with Crippen LogP contribution >= 0.6 is 0 Å². The second kappa shape index (κ2) is 13.9. The third-order valence-electron chi connectivity index (χ3n) is 2.36. The van der Waals surface area contributed by atoms with E-state index in [9.17, 15) is 9.59 Å². The molecule has 2 unspecified atom stereocenters. The van der Waals surface area contributed by atoms with E-state index >= 15 is 0 Å². The summed E-state index contributed by atoms with van der Waals surface area (Å²) in [5, 5.41) is 27.4. The summed E-state index contributed by atoms with van der Waals surface area (Å²) in [5.41, 5.74) is 0. The number of carbonyl (C=O) groups is 2. The van der Waals surface area contributed by atoms with E-state index < -0.39 is 24.0 Å². The Morgan fingerprint density at radius 2 is 1.76 bits per heavy atom. The molecule has 0 amide bonds. The van der Waals surface area contributed by atoms with Gasteiger partial charge < -0.3 is 42.1 Å². The van der Waals surface area contributed by atoms with Crippen LogP contribution in [0, 0.1) is 0 Å². The predicted molar refractivity (Wildman–Crippen MR) is 75.3 cm³/mol. The summed E-state index contributed by atoms with van der Waals surface area (Å²) < 4.78 is 0. The number of carboxylic acids is 2. The Kier molecular flexibility index (Phi) is 16.5. The SMILES string of the molecule is O=C(O)C1CN=CC[N-]1.O=C(O)C1CNCC[N-]1.[Fe+2].[OH3+].[OH3+]. The predicted octanol–water partition coefficient (Wildman–Crippen LogP) is -2.53. The fourth-order valence-electron chi connectivity index (χ4n) is 1.39. The molecule has 2 aliphatic heterocycles. The average molecular weight is 350 g/mol. The Hall–Kier alpha value is -1.07. The zero-order valence-corrected chi connectivity index (χ0v) is 12.4. The number of carboxylic acid groups (broad SMARTS) is 2. The first kappa shape index (κ1) is 24.9. The molecule has 0 bridgehead atoms. The summed E-state index contributed by atoms with van der Waals surface area (Å²) in [6, 6.07) is -1.12. The van der Waals surface area contributed by atoms with Crippen LogP contribution in [0.4, 0.5) is 0 Å². The number of nitrogens with one attached hydrogen (secondary N) is 1. The van der Waals surface area contributed by atoms with Crippen molar-refractivity contribution in [2.24, 2.45) is 4.99 Å². The summed E-state index contributed by atoms with van der Waals surface area (Å²) in [4.78, 5) is 24.2. The van der Waals surface area contributed by atoms with Crippen molar-refractivity contribution in [3.8, 4) is 0 Å². The van der Waals surface area contributed by atoms with Gasteiger partial charge in [0.1, 0.15) is 0 Å². The molecule has 0 spiro atoms. The van der Waals surface area contributed by atoms with E-state index in [0.717, 1.165) is 6.54 Å². The average Bonchev–Trinajstić information content (AvgIpc) is 2.41. The number of aliphatic imine (C=N–C) groups is 1. The normalized spacial score (nSPS) is 23.0. The van der Waals surface area contributed by atoms with Crippen molar-refractivity contribution < 1.29 is 47.8 Å². The molecule has 9 N–H and O–H groups in total. The van der Waals surface area contributed by atoms with Gasteiger partial charge in [-0.25, -0.2) is 0 Å². The zero-order chi connectivity index (χ0) is 13.4. The van der Waals surface area contributed by atoms with Crippen molar-refractivity contribution >= 4 is 18.2 Å². The molecule has 21 heavy (non-hydrogen) atoms. The molecule has 0 aromatic heterocycles. The van der Waals surface area contributed by atoms with E-state index in [0.29, 0.717) is 26.2 Å². The van der Waals surface area contributed by atoms with E-state index in [1.54, 1.807) is 6.21 Å². The molecule has 11 heteroatoms. The molecule has 10 nitrogen and oxygen atoms in total. The largest absolute Gasteiger partial charge is 2.00 e. The summed E-state index contributed by atoms with van der Waals surface area (Å²) >= 11 is 0. The summed E-state index contributed by atoms with van der Waals surface area (Å²) in [6.07, 6.45) is 1.62. The fourth-order valence-corrected chi connectivity index (χ4v) is 1.39. The van der Waals surface area contributed by atoms with Crippen LogP contribution in [0.3, 0.4) is 0 Å². The molecular formula is C10H22FeN4O6+2. The fraction of sp³-hybridized carbons (Fsp3) is 0.700. The van der Waals surface area contributed by atoms with E-state index in [1.165, 1.54) is 0 Å². The molecule has 2 heterocycles. The maximum atomic E-state index is 10.2. The van der Waals surface area contributed by atoms with Crippen molar-refractivity contribution in [2.45, 2.75) is 12.1 Å². The van der Waals surface area contributed by atoms with Crippen molar-refractivity contribution in [3.05, 3.63) is 10.6 Å². The monoisotopic (exact) mass is 350 g/mol. The minimum atomic E-state index is -0.883. The Morgan fingerprint density at radius 1 is 1.14 bits per heavy atom. The van der Waals surface area contributed by atoms with Crippen LogP contribution in [0.15, 0.2) is 4.99 Å². The number of rotatable bonds is 2. The van der Waals surface area contributed by atoms with Gasteiger partial charge in [-0.2, -0.15) is 0 Å². The molecule has 1 saturated heterocycles. The molecule has 2 aliphatic rings. The van der Waals surface area contributed by atoms with Gasteiger partial charge in [0.2, 0.25) is 0 Å². The maximum absolute atomic E-state index is 10.2. The quantitative estimate of drug-likeness (QED) is 0.364. The first-order valence-corrected chi connectivity index (χ1v) is 5.59. The van der Waals surface area contributed by atoms with E-state index in [4.69, 9.17) is 10.2 Å². The van der Waals surface area contributed by atoms with Gasteiger partial charge in [-0.15, -0.1) is 13.1 Å². The molecule has 0 aliphatic carbocycles. The summed E-state index contributed by atoms with van der Waals surface area (Å²) in [6.45, 7) is 2.66. The topological polar surface area (TPSA) is 193 Å². The molecule has 1 fully saturated rings. The van der Waals surface area contributed by atoms with Crippen LogP contribution < -0.4 is 5.32 Å². The number of piperazine rings is 1. The van der Waals surface area contributed by atoms with Crippen LogP contribution in [0.25, 0.3) is 10.6 Å². The second-order valence-electron chi connectivity index (χ2n) is 3.73. The number of aliphatic carboxylic acids is 2. The van der Waals surface area contributed by atoms with Crippen LogP contribution in [-0.2, 0) is 37.6 Å². The standard InChI is InChI=1S/C5H9N2O2.C5H7N2O2.Fe.2H2O/c2*8-5(9)4-3-6-1-2-7-4;;;/h4,6H,1-3H2,(H,8,9);1,4H,2-3H2,(H,8,9);;2*1H2/q2*-1;+2;;/p+2. The van der Waals surface area contributed by atoms with Gasteiger partial charge in [0.25, 0.3) is 11.9 Å². The first-order chi connectivity index (χ1) is 8.61. The third-order valence-corrected chi connectivity index (χ3v) is 2.36. The number of nitrogens with zero attached hydrogens (tertiary/aromatic N) is 3. The Morgan fingerprint density at radius 3 is 2.05 bits per heavy atom. The summed E-state index contributed by atoms with van der Waals surface area (Å²) in [7, 11) is 0. The van der Waals surface area contributed by atoms with E-state index in [2.05, 4.69) is 20.9 Å². The minimum absolute atomic E-state index is 0. The van der Waals surface area contributed by atoms with Gasteiger partial charge in [0.15, 0.2) is 0 Å².